The fraction of sp³-hybridized carbons (Fsp3) is 0.778. The fourth-order valence-corrected chi connectivity index (χ4v) is 2.00. The zero-order chi connectivity index (χ0) is 22.6. The van der Waals surface area contributed by atoms with Gasteiger partial charge in [-0.25, -0.2) is 0 Å². The minimum absolute atomic E-state index is 0. The average molecular weight is 423 g/mol. The molecular weight excluding hydrogens is 384 g/mol. The number of nitrogens with one attached hydrogen (secondary N) is 2. The Morgan fingerprint density at radius 2 is 0.931 bits per heavy atom. The van der Waals surface area contributed by atoms with Gasteiger partial charge in [-0.3, -0.25) is 9.59 Å². The molecule has 11 nitrogen and oxygen atoms in total. The third-order valence-electron chi connectivity index (χ3n) is 3.51. The van der Waals surface area contributed by atoms with Gasteiger partial charge in [-0.15, -0.1) is 0 Å². The lowest BCUT2D eigenvalue weighted by atomic mass is 10.0. The Balaban J connectivity index is -0.000000451. The van der Waals surface area contributed by atoms with Gasteiger partial charge >= 0.3 is 0 Å². The van der Waals surface area contributed by atoms with E-state index >= 15 is 0 Å². The number of hydrogen-bond donors (Lipinski definition) is 4. The first-order valence-corrected chi connectivity index (χ1v) is 9.37. The Bertz CT molecular complexity index is 476. The van der Waals surface area contributed by atoms with Gasteiger partial charge in [0, 0.05) is 0 Å². The number of quaternary nitrogens is 2. The van der Waals surface area contributed by atoms with E-state index in [0.29, 0.717) is 12.8 Å². The predicted octanol–water partition coefficient (Wildman–Crippen LogP) is -5.03. The van der Waals surface area contributed by atoms with Crippen molar-refractivity contribution in [1.82, 2.24) is 10.6 Å². The van der Waals surface area contributed by atoms with E-state index in [9.17, 15) is 29.4 Å². The van der Waals surface area contributed by atoms with Crippen LogP contribution in [-0.2, 0) is 19.2 Å². The van der Waals surface area contributed by atoms with Crippen molar-refractivity contribution < 1.29 is 46.3 Å². The third kappa shape index (κ3) is 16.4. The number of carboxylic acid groups (broad SMARTS) is 2. The van der Waals surface area contributed by atoms with E-state index in [4.69, 9.17) is 0 Å². The van der Waals surface area contributed by atoms with Gasteiger partial charge in [0.05, 0.1) is 24.0 Å². The van der Waals surface area contributed by atoms with Crippen molar-refractivity contribution in [2.45, 2.75) is 78.6 Å². The molecule has 0 saturated carbocycles. The van der Waals surface area contributed by atoms with E-state index in [-0.39, 0.29) is 29.1 Å². The Kier molecular flexibility index (Phi) is 17.0. The number of aliphatic carboxylic acids is 2. The van der Waals surface area contributed by atoms with Crippen LogP contribution in [0.3, 0.4) is 0 Å². The van der Waals surface area contributed by atoms with Crippen LogP contribution in [0.1, 0.15) is 54.4 Å². The Labute approximate surface area is 171 Å². The molecule has 0 aromatic heterocycles. The molecule has 29 heavy (non-hydrogen) atoms. The lowest BCUT2D eigenvalue weighted by Gasteiger charge is -2.21. The number of carbonyl (C=O) groups is 4. The summed E-state index contributed by atoms with van der Waals surface area (Å²) in [5, 5.41) is 26.1. The molecule has 0 unspecified atom stereocenters. The smallest absolute Gasteiger partial charge is 0.278 e. The minimum atomic E-state index is -1.24. The summed E-state index contributed by atoms with van der Waals surface area (Å²) < 4.78 is 0. The van der Waals surface area contributed by atoms with E-state index in [0.717, 1.165) is 0 Å². The van der Waals surface area contributed by atoms with Gasteiger partial charge in [0.15, 0.2) is 12.1 Å². The standard InChI is InChI=1S/2C9H18N2O3.H2O/c2*1-5(2)4-7(9(13)14)11-8(12)6(3)10;/h2*5-7H,4,10H2,1-3H3,(H,11,12)(H,13,14);1H2/t2*6-,7-;/m00./s1. The molecule has 0 saturated heterocycles. The Hall–Kier alpha value is -2.24. The Morgan fingerprint density at radius 1 is 0.690 bits per heavy atom. The van der Waals surface area contributed by atoms with Gasteiger partial charge in [-0.2, -0.15) is 0 Å². The average Bonchev–Trinajstić information content (AvgIpc) is 2.52. The quantitative estimate of drug-likeness (QED) is 0.269. The molecule has 172 valence electrons. The van der Waals surface area contributed by atoms with E-state index in [1.807, 2.05) is 27.7 Å². The first kappa shape index (κ1) is 31.5. The second-order valence-electron chi connectivity index (χ2n) is 7.82. The highest BCUT2D eigenvalue weighted by Gasteiger charge is 2.19. The minimum Gasteiger partial charge on any atom is -0.548 e. The van der Waals surface area contributed by atoms with Gasteiger partial charge in [-0.05, 0) is 38.5 Å². The first-order chi connectivity index (χ1) is 12.7. The molecule has 0 aromatic carbocycles. The molecule has 2 amide bonds. The summed E-state index contributed by atoms with van der Waals surface area (Å²) in [6, 6.07) is -2.73. The van der Waals surface area contributed by atoms with Gasteiger partial charge in [0.25, 0.3) is 11.8 Å². The van der Waals surface area contributed by atoms with Crippen LogP contribution in [0.25, 0.3) is 0 Å². The molecule has 0 radical (unpaired) electrons. The van der Waals surface area contributed by atoms with Crippen LogP contribution in [-0.4, -0.2) is 53.4 Å². The summed E-state index contributed by atoms with van der Waals surface area (Å²) >= 11 is 0. The van der Waals surface area contributed by atoms with Crippen LogP contribution in [0.2, 0.25) is 0 Å². The SMILES string of the molecule is CC(C)C[C@H](NC(=O)[C@H](C)[NH3+])C(=O)[O-].CC(C)C[C@H](NC(=O)[C@H](C)[NH3+])C(=O)[O-].O. The molecule has 0 heterocycles. The normalized spacial score (nSPS) is 14.4. The van der Waals surface area contributed by atoms with Crippen molar-refractivity contribution in [1.29, 1.82) is 0 Å². The molecule has 10 N–H and O–H groups in total. The lowest BCUT2D eigenvalue weighted by Crippen LogP contribution is -2.67. The molecule has 0 aliphatic rings. The second-order valence-corrected chi connectivity index (χ2v) is 7.82. The maximum absolute atomic E-state index is 11.2. The molecule has 0 aliphatic heterocycles. The molecule has 0 bridgehead atoms. The van der Waals surface area contributed by atoms with Crippen LogP contribution in [0.15, 0.2) is 0 Å². The lowest BCUT2D eigenvalue weighted by molar-refractivity contribution is -0.398. The van der Waals surface area contributed by atoms with Crippen LogP contribution < -0.4 is 32.3 Å². The van der Waals surface area contributed by atoms with Crippen molar-refractivity contribution in [3.63, 3.8) is 0 Å². The second kappa shape index (κ2) is 15.7. The van der Waals surface area contributed by atoms with Gasteiger partial charge in [0.2, 0.25) is 0 Å². The summed E-state index contributed by atoms with van der Waals surface area (Å²) in [7, 11) is 0. The van der Waals surface area contributed by atoms with Crippen molar-refractivity contribution in [3.05, 3.63) is 0 Å². The molecule has 0 rings (SSSR count). The zero-order valence-corrected chi connectivity index (χ0v) is 18.2. The van der Waals surface area contributed by atoms with Crippen molar-refractivity contribution in [2.75, 3.05) is 0 Å². The fourth-order valence-electron chi connectivity index (χ4n) is 2.00. The maximum atomic E-state index is 11.2. The summed E-state index contributed by atoms with van der Waals surface area (Å²) in [5.74, 6) is -2.82. The third-order valence-corrected chi connectivity index (χ3v) is 3.51. The van der Waals surface area contributed by atoms with E-state index < -0.39 is 36.1 Å². The summed E-state index contributed by atoms with van der Waals surface area (Å²) in [5.41, 5.74) is 7.01. The van der Waals surface area contributed by atoms with Crippen LogP contribution in [0, 0.1) is 11.8 Å². The molecular formula is C18H38N4O7. The van der Waals surface area contributed by atoms with Crippen LogP contribution in [0.4, 0.5) is 0 Å². The molecule has 0 spiro atoms. The number of hydrogen-bond acceptors (Lipinski definition) is 6. The summed E-state index contributed by atoms with van der Waals surface area (Å²) in [4.78, 5) is 43.6. The first-order valence-electron chi connectivity index (χ1n) is 9.37. The van der Waals surface area contributed by atoms with Crippen LogP contribution >= 0.6 is 0 Å². The summed E-state index contributed by atoms with van der Waals surface area (Å²) in [6.07, 6.45) is 0.752. The predicted molar refractivity (Wildman–Crippen MR) is 101 cm³/mol. The number of amides is 2. The highest BCUT2D eigenvalue weighted by Crippen LogP contribution is 2.04. The molecule has 4 atom stereocenters. The highest BCUT2D eigenvalue weighted by molar-refractivity contribution is 5.85. The van der Waals surface area contributed by atoms with E-state index in [1.165, 1.54) is 0 Å². The van der Waals surface area contributed by atoms with Gasteiger partial charge in [0.1, 0.15) is 0 Å². The Morgan fingerprint density at radius 3 is 1.07 bits per heavy atom. The highest BCUT2D eigenvalue weighted by atomic mass is 16.4. The van der Waals surface area contributed by atoms with Crippen molar-refractivity contribution >= 4 is 23.8 Å². The number of carbonyl (C=O) groups excluding carboxylic acids is 4. The topological polar surface area (TPSA) is 225 Å². The van der Waals surface area contributed by atoms with Crippen LogP contribution in [0.5, 0.6) is 0 Å². The molecule has 0 aliphatic carbocycles. The summed E-state index contributed by atoms with van der Waals surface area (Å²) in [6.45, 7) is 10.8. The van der Waals surface area contributed by atoms with Crippen molar-refractivity contribution in [3.8, 4) is 0 Å². The van der Waals surface area contributed by atoms with E-state index in [1.54, 1.807) is 13.8 Å². The zero-order valence-electron chi connectivity index (χ0n) is 18.2. The monoisotopic (exact) mass is 422 g/mol. The molecule has 0 aromatic rings. The maximum Gasteiger partial charge on any atom is 0.278 e. The van der Waals surface area contributed by atoms with Gasteiger partial charge in [-0.1, -0.05) is 27.7 Å². The molecule has 11 heteroatoms. The molecule has 0 fully saturated rings. The number of rotatable bonds is 10. The van der Waals surface area contributed by atoms with E-state index in [2.05, 4.69) is 22.1 Å². The largest absolute Gasteiger partial charge is 0.548 e. The van der Waals surface area contributed by atoms with Gasteiger partial charge < -0.3 is 47.4 Å². The number of carboxylic acids is 2. The van der Waals surface area contributed by atoms with Crippen molar-refractivity contribution in [2.24, 2.45) is 11.8 Å².